The molecule has 4 rings (SSSR count). The first-order valence-corrected chi connectivity index (χ1v) is 12.3. The van der Waals surface area contributed by atoms with Crippen molar-refractivity contribution in [3.8, 4) is 0 Å². The molecule has 0 aromatic heterocycles. The quantitative estimate of drug-likeness (QED) is 0.564. The molecule has 1 amide bonds. The fourth-order valence-corrected chi connectivity index (χ4v) is 5.17. The number of thioether (sulfide) groups is 1. The maximum Gasteiger partial charge on any atom is 0.338 e. The number of carbonyl (C=O) groups is 2. The summed E-state index contributed by atoms with van der Waals surface area (Å²) in [5, 5.41) is 5.55. The minimum Gasteiger partial charge on any atom is -0.463 e. The number of benzene rings is 1. The van der Waals surface area contributed by atoms with Gasteiger partial charge in [-0.3, -0.25) is 9.69 Å². The van der Waals surface area contributed by atoms with Crippen molar-refractivity contribution in [2.75, 3.05) is 46.0 Å². The predicted molar refractivity (Wildman–Crippen MR) is 128 cm³/mol. The second-order valence-electron chi connectivity index (χ2n) is 8.15. The number of amides is 1. The van der Waals surface area contributed by atoms with E-state index in [-0.39, 0.29) is 24.8 Å². The van der Waals surface area contributed by atoms with Crippen LogP contribution in [0.1, 0.15) is 31.9 Å². The molecule has 0 radical (unpaired) electrons. The summed E-state index contributed by atoms with van der Waals surface area (Å²) in [7, 11) is 0. The number of morpholine rings is 1. The zero-order chi connectivity index (χ0) is 24.1. The summed E-state index contributed by atoms with van der Waals surface area (Å²) in [6.45, 7) is 8.23. The third-order valence-electron chi connectivity index (χ3n) is 5.88. The molecule has 3 aliphatic rings. The van der Waals surface area contributed by atoms with Crippen LogP contribution in [0.5, 0.6) is 0 Å². The van der Waals surface area contributed by atoms with Crippen LogP contribution >= 0.6 is 11.8 Å². The number of amidine groups is 1. The molecular weight excluding hydrogens is 459 g/mol. The first-order chi connectivity index (χ1) is 16.5. The van der Waals surface area contributed by atoms with Crippen LogP contribution in [0.25, 0.3) is 0 Å². The van der Waals surface area contributed by atoms with Crippen LogP contribution in [-0.4, -0.2) is 72.8 Å². The Hall–Kier alpha value is -2.69. The molecule has 0 saturated carbocycles. The van der Waals surface area contributed by atoms with Gasteiger partial charge in [0.1, 0.15) is 5.82 Å². The highest BCUT2D eigenvalue weighted by Gasteiger charge is 2.41. The van der Waals surface area contributed by atoms with Crippen LogP contribution in [0.3, 0.4) is 0 Å². The summed E-state index contributed by atoms with van der Waals surface area (Å²) in [6, 6.07) is 5.47. The first-order valence-electron chi connectivity index (χ1n) is 11.4. The van der Waals surface area contributed by atoms with E-state index in [4.69, 9.17) is 9.47 Å². The number of nitrogens with one attached hydrogen (secondary N) is 1. The van der Waals surface area contributed by atoms with Crippen LogP contribution < -0.4 is 5.32 Å². The fourth-order valence-electron chi connectivity index (χ4n) is 4.21. The Labute approximate surface area is 202 Å². The number of hydrogen-bond acceptors (Lipinski definition) is 8. The van der Waals surface area contributed by atoms with E-state index in [0.717, 1.165) is 44.1 Å². The summed E-state index contributed by atoms with van der Waals surface area (Å²) in [6.07, 6.45) is 0.141. The van der Waals surface area contributed by atoms with Gasteiger partial charge in [-0.15, -0.1) is 0 Å². The molecule has 1 fully saturated rings. The van der Waals surface area contributed by atoms with Crippen molar-refractivity contribution in [3.63, 3.8) is 0 Å². The van der Waals surface area contributed by atoms with E-state index in [1.807, 2.05) is 10.3 Å². The Morgan fingerprint density at radius 3 is 2.71 bits per heavy atom. The molecule has 0 bridgehead atoms. The van der Waals surface area contributed by atoms with Gasteiger partial charge in [-0.2, -0.15) is 0 Å². The molecule has 10 heteroatoms. The lowest BCUT2D eigenvalue weighted by Gasteiger charge is -2.36. The lowest BCUT2D eigenvalue weighted by Crippen LogP contribution is -2.42. The van der Waals surface area contributed by atoms with Crippen molar-refractivity contribution < 1.29 is 23.5 Å². The van der Waals surface area contributed by atoms with Crippen molar-refractivity contribution >= 4 is 28.8 Å². The van der Waals surface area contributed by atoms with Crippen molar-refractivity contribution in [2.45, 2.75) is 26.3 Å². The molecule has 1 atom stereocenters. The number of fused-ring (bicyclic) bond motifs is 1. The number of allylic oxidation sites excluding steroid dienone is 1. The number of halogens is 1. The van der Waals surface area contributed by atoms with E-state index < -0.39 is 12.0 Å². The van der Waals surface area contributed by atoms with Gasteiger partial charge in [0.05, 0.1) is 43.6 Å². The molecule has 182 valence electrons. The number of ether oxygens (including phenoxy) is 2. The monoisotopic (exact) mass is 488 g/mol. The second-order valence-corrected chi connectivity index (χ2v) is 8.98. The molecule has 1 saturated heterocycles. The summed E-state index contributed by atoms with van der Waals surface area (Å²) in [5.41, 5.74) is 2.39. The molecule has 1 N–H and O–H groups in total. The maximum atomic E-state index is 13.7. The Kier molecular flexibility index (Phi) is 8.02. The molecule has 3 aliphatic heterocycles. The molecule has 1 aromatic carbocycles. The Morgan fingerprint density at radius 1 is 1.26 bits per heavy atom. The van der Waals surface area contributed by atoms with Gasteiger partial charge >= 0.3 is 5.97 Å². The van der Waals surface area contributed by atoms with Crippen molar-refractivity contribution in [2.24, 2.45) is 4.99 Å². The van der Waals surface area contributed by atoms with Gasteiger partial charge in [-0.1, -0.05) is 23.9 Å². The fraction of sp³-hybridized carbons (Fsp3) is 0.458. The summed E-state index contributed by atoms with van der Waals surface area (Å²) < 4.78 is 24.3. The van der Waals surface area contributed by atoms with Crippen LogP contribution in [-0.2, 0) is 19.1 Å². The predicted octanol–water partition coefficient (Wildman–Crippen LogP) is 2.80. The first kappa shape index (κ1) is 24.4. The smallest absolute Gasteiger partial charge is 0.338 e. The van der Waals surface area contributed by atoms with Crippen molar-refractivity contribution in [1.82, 2.24) is 15.1 Å². The maximum absolute atomic E-state index is 13.7. The lowest BCUT2D eigenvalue weighted by molar-refractivity contribution is -0.139. The molecule has 1 aromatic rings. The number of carbonyl (C=O) groups excluding carboxylic acids is 2. The van der Waals surface area contributed by atoms with E-state index in [2.05, 4.69) is 15.2 Å². The topological polar surface area (TPSA) is 83.5 Å². The molecule has 34 heavy (non-hydrogen) atoms. The van der Waals surface area contributed by atoms with Gasteiger partial charge < -0.3 is 19.7 Å². The van der Waals surface area contributed by atoms with Gasteiger partial charge in [0, 0.05) is 31.9 Å². The normalized spacial score (nSPS) is 20.6. The molecule has 0 aliphatic carbocycles. The van der Waals surface area contributed by atoms with Crippen LogP contribution in [0.4, 0.5) is 4.39 Å². The molecule has 1 unspecified atom stereocenters. The highest BCUT2D eigenvalue weighted by Crippen LogP contribution is 2.44. The highest BCUT2D eigenvalue weighted by atomic mass is 32.2. The van der Waals surface area contributed by atoms with E-state index >= 15 is 0 Å². The largest absolute Gasteiger partial charge is 0.463 e. The summed E-state index contributed by atoms with van der Waals surface area (Å²) in [5.74, 6) is -0.940. The van der Waals surface area contributed by atoms with E-state index in [1.54, 1.807) is 26.0 Å². The number of aliphatic imine (C=N–C) groups is 1. The van der Waals surface area contributed by atoms with Crippen molar-refractivity contribution in [3.05, 3.63) is 58.0 Å². The lowest BCUT2D eigenvalue weighted by atomic mass is 9.94. The number of esters is 1. The zero-order valence-electron chi connectivity index (χ0n) is 19.4. The van der Waals surface area contributed by atoms with Gasteiger partial charge in [0.2, 0.25) is 5.91 Å². The van der Waals surface area contributed by atoms with E-state index in [0.29, 0.717) is 23.0 Å². The summed E-state index contributed by atoms with van der Waals surface area (Å²) in [4.78, 5) is 34.4. The second kappa shape index (κ2) is 11.2. The average Bonchev–Trinajstić information content (AvgIpc) is 3.21. The van der Waals surface area contributed by atoms with Crippen LogP contribution in [0.2, 0.25) is 0 Å². The standard InChI is InChI=1S/C24H29FN4O4S/c1-3-33-23(31)21-16(2)27-24-29(22(21)17-4-6-18(25)7-5-17)19(15-34-24)14-20(30)26-8-9-28-10-12-32-13-11-28/h4-7,15,22H,3,8-14H2,1-2H3,(H,26,30). The third-order valence-corrected chi connectivity index (χ3v) is 6.77. The minimum atomic E-state index is -0.561. The molecule has 8 nitrogen and oxygen atoms in total. The SMILES string of the molecule is CCOC(=O)C1=C(C)N=C2SC=C(CC(=O)NCCN3CCOCC3)N2C1c1ccc(F)cc1. The third kappa shape index (κ3) is 5.51. The molecule has 0 spiro atoms. The van der Waals surface area contributed by atoms with Crippen molar-refractivity contribution in [1.29, 1.82) is 0 Å². The number of rotatable bonds is 8. The molecular formula is C24H29FN4O4S. The van der Waals surface area contributed by atoms with E-state index in [1.165, 1.54) is 23.9 Å². The Morgan fingerprint density at radius 2 is 2.00 bits per heavy atom. The number of nitrogens with zero attached hydrogens (tertiary/aromatic N) is 3. The Bertz CT molecular complexity index is 1020. The van der Waals surface area contributed by atoms with Crippen LogP contribution in [0, 0.1) is 5.82 Å². The number of hydrogen-bond donors (Lipinski definition) is 1. The summed E-state index contributed by atoms with van der Waals surface area (Å²) >= 11 is 1.41. The van der Waals surface area contributed by atoms with E-state index in [9.17, 15) is 14.0 Å². The zero-order valence-corrected chi connectivity index (χ0v) is 20.2. The van der Waals surface area contributed by atoms with Gasteiger partial charge in [-0.05, 0) is 37.0 Å². The molecule has 3 heterocycles. The van der Waals surface area contributed by atoms with Crippen LogP contribution in [0.15, 0.2) is 51.6 Å². The average molecular weight is 489 g/mol. The van der Waals surface area contributed by atoms with Gasteiger partial charge in [-0.25, -0.2) is 14.2 Å². The minimum absolute atomic E-state index is 0.108. The highest BCUT2D eigenvalue weighted by molar-refractivity contribution is 8.16. The Balaban J connectivity index is 1.51. The van der Waals surface area contributed by atoms with Gasteiger partial charge in [0.15, 0.2) is 5.17 Å². The van der Waals surface area contributed by atoms with Gasteiger partial charge in [0.25, 0.3) is 0 Å².